The molecule has 1 aromatic carbocycles. The number of aliphatic hydroxyl groups excluding tert-OH is 1. The Morgan fingerprint density at radius 2 is 2.12 bits per heavy atom. The number of nitrogens with zero attached hydrogens (tertiary/aromatic N) is 4. The Hall–Kier alpha value is -2.16. The first-order valence-corrected chi connectivity index (χ1v) is 8.05. The van der Waals surface area contributed by atoms with Crippen LogP contribution in [-0.4, -0.2) is 71.2 Å². The molecule has 0 radical (unpaired) electrons. The highest BCUT2D eigenvalue weighted by molar-refractivity contribution is 5.97. The number of imidazole rings is 1. The molecule has 0 bridgehead atoms. The van der Waals surface area contributed by atoms with E-state index in [4.69, 9.17) is 14.6 Å². The lowest BCUT2D eigenvalue weighted by atomic mass is 10.2. The first-order valence-electron chi connectivity index (χ1n) is 8.05. The average Bonchev–Trinajstić information content (AvgIpc) is 3.18. The molecule has 128 valence electrons. The van der Waals surface area contributed by atoms with Gasteiger partial charge in [0.25, 0.3) is 5.91 Å². The molecule has 0 aliphatic carbocycles. The largest absolute Gasteiger partial charge is 0.389 e. The lowest BCUT2D eigenvalue weighted by Gasteiger charge is -2.27. The van der Waals surface area contributed by atoms with Gasteiger partial charge in [0.2, 0.25) is 5.95 Å². The molecule has 1 N–H and O–H groups in total. The van der Waals surface area contributed by atoms with Crippen LogP contribution in [0.2, 0.25) is 0 Å². The number of hydroxylamine groups is 2. The second-order valence-corrected chi connectivity index (χ2v) is 6.09. The van der Waals surface area contributed by atoms with E-state index in [1.165, 1.54) is 5.06 Å². The molecule has 2 aliphatic rings. The highest BCUT2D eigenvalue weighted by Crippen LogP contribution is 2.24. The molecule has 1 aromatic heterocycles. The first kappa shape index (κ1) is 15.4. The van der Waals surface area contributed by atoms with Gasteiger partial charge in [-0.25, -0.2) is 10.0 Å². The van der Waals surface area contributed by atoms with Crippen molar-refractivity contribution in [2.24, 2.45) is 7.05 Å². The smallest absolute Gasteiger partial charge is 0.277 e. The second kappa shape index (κ2) is 6.04. The Labute approximate surface area is 139 Å². The van der Waals surface area contributed by atoms with Crippen LogP contribution in [0.1, 0.15) is 10.4 Å². The predicted molar refractivity (Wildman–Crippen MR) is 86.7 cm³/mol. The fourth-order valence-electron chi connectivity index (χ4n) is 3.12. The summed E-state index contributed by atoms with van der Waals surface area (Å²) in [7, 11) is 1.97. The summed E-state index contributed by atoms with van der Waals surface area (Å²) in [5.41, 5.74) is 2.24. The van der Waals surface area contributed by atoms with Crippen molar-refractivity contribution >= 4 is 22.9 Å². The number of fused-ring (bicyclic) bond motifs is 1. The Kier molecular flexibility index (Phi) is 3.87. The normalized spacial score (nSPS) is 21.7. The molecular formula is C16H20N4O4. The first-order chi connectivity index (χ1) is 11.6. The van der Waals surface area contributed by atoms with E-state index in [2.05, 4.69) is 4.90 Å². The molecule has 3 heterocycles. The van der Waals surface area contributed by atoms with Crippen LogP contribution in [0.5, 0.6) is 0 Å². The van der Waals surface area contributed by atoms with E-state index in [0.29, 0.717) is 18.8 Å². The Bertz CT molecular complexity index is 769. The van der Waals surface area contributed by atoms with Crippen LogP contribution < -0.4 is 4.90 Å². The van der Waals surface area contributed by atoms with E-state index >= 15 is 0 Å². The van der Waals surface area contributed by atoms with Gasteiger partial charge in [0, 0.05) is 25.7 Å². The highest BCUT2D eigenvalue weighted by atomic mass is 16.7. The lowest BCUT2D eigenvalue weighted by Crippen LogP contribution is -2.37. The highest BCUT2D eigenvalue weighted by Gasteiger charge is 2.27. The second-order valence-electron chi connectivity index (χ2n) is 6.09. The molecule has 2 aromatic rings. The van der Waals surface area contributed by atoms with Crippen molar-refractivity contribution in [3.05, 3.63) is 23.8 Å². The Morgan fingerprint density at radius 1 is 1.33 bits per heavy atom. The Morgan fingerprint density at radius 3 is 2.83 bits per heavy atom. The van der Waals surface area contributed by atoms with Gasteiger partial charge in [0.1, 0.15) is 12.7 Å². The van der Waals surface area contributed by atoms with Crippen molar-refractivity contribution in [1.82, 2.24) is 14.6 Å². The molecule has 24 heavy (non-hydrogen) atoms. The number of hydrogen-bond acceptors (Lipinski definition) is 6. The summed E-state index contributed by atoms with van der Waals surface area (Å²) in [6.45, 7) is 3.35. The van der Waals surface area contributed by atoms with E-state index in [1.807, 2.05) is 17.7 Å². The van der Waals surface area contributed by atoms with Gasteiger partial charge in [-0.15, -0.1) is 0 Å². The van der Waals surface area contributed by atoms with Gasteiger partial charge >= 0.3 is 0 Å². The van der Waals surface area contributed by atoms with Gasteiger partial charge in [-0.05, 0) is 18.2 Å². The zero-order chi connectivity index (χ0) is 16.7. The minimum Gasteiger partial charge on any atom is -0.389 e. The van der Waals surface area contributed by atoms with Crippen LogP contribution in [0.4, 0.5) is 5.95 Å². The lowest BCUT2D eigenvalue weighted by molar-refractivity contribution is -0.0779. The number of anilines is 1. The third-order valence-corrected chi connectivity index (χ3v) is 4.42. The number of aromatic nitrogens is 2. The van der Waals surface area contributed by atoms with E-state index in [1.54, 1.807) is 12.1 Å². The number of aryl methyl sites for hydroxylation is 1. The summed E-state index contributed by atoms with van der Waals surface area (Å²) in [6.07, 6.45) is -0.625. The maximum Gasteiger partial charge on any atom is 0.277 e. The third kappa shape index (κ3) is 2.62. The van der Waals surface area contributed by atoms with Crippen LogP contribution in [0.15, 0.2) is 18.2 Å². The van der Waals surface area contributed by atoms with Gasteiger partial charge in [0.15, 0.2) is 0 Å². The fraction of sp³-hybridized carbons (Fsp3) is 0.500. The summed E-state index contributed by atoms with van der Waals surface area (Å²) >= 11 is 0. The molecule has 0 saturated carbocycles. The number of carbonyl (C=O) groups excluding carboxylic acids is 1. The van der Waals surface area contributed by atoms with Crippen LogP contribution in [0.3, 0.4) is 0 Å². The van der Waals surface area contributed by atoms with E-state index in [9.17, 15) is 9.90 Å². The summed E-state index contributed by atoms with van der Waals surface area (Å²) in [4.78, 5) is 24.5. The molecule has 8 heteroatoms. The molecule has 0 unspecified atom stereocenters. The number of amides is 1. The van der Waals surface area contributed by atoms with Gasteiger partial charge < -0.3 is 19.3 Å². The van der Waals surface area contributed by atoms with Gasteiger partial charge in [0.05, 0.1) is 30.8 Å². The zero-order valence-corrected chi connectivity index (χ0v) is 13.5. The number of benzene rings is 1. The van der Waals surface area contributed by atoms with Crippen LogP contribution in [0, 0.1) is 0 Å². The van der Waals surface area contributed by atoms with Crippen LogP contribution in [-0.2, 0) is 16.6 Å². The zero-order valence-electron chi connectivity index (χ0n) is 13.5. The molecule has 2 fully saturated rings. The maximum atomic E-state index is 12.5. The number of hydrogen-bond donors (Lipinski definition) is 1. The molecule has 4 rings (SSSR count). The predicted octanol–water partition coefficient (Wildman–Crippen LogP) is 0.158. The summed E-state index contributed by atoms with van der Waals surface area (Å²) < 4.78 is 7.42. The molecule has 1 amide bonds. The van der Waals surface area contributed by atoms with Gasteiger partial charge in [-0.1, -0.05) is 0 Å². The molecule has 1 atom stereocenters. The maximum absolute atomic E-state index is 12.5. The molecular weight excluding hydrogens is 312 g/mol. The van der Waals surface area contributed by atoms with Crippen molar-refractivity contribution in [1.29, 1.82) is 0 Å². The van der Waals surface area contributed by atoms with Gasteiger partial charge in [-0.3, -0.25) is 9.63 Å². The van der Waals surface area contributed by atoms with Gasteiger partial charge in [-0.2, -0.15) is 0 Å². The monoisotopic (exact) mass is 332 g/mol. The van der Waals surface area contributed by atoms with Crippen molar-refractivity contribution in [2.75, 3.05) is 44.4 Å². The summed E-state index contributed by atoms with van der Waals surface area (Å²) in [6, 6.07) is 5.44. The molecule has 8 nitrogen and oxygen atoms in total. The number of aliphatic hydroxyl groups is 1. The van der Waals surface area contributed by atoms with Crippen molar-refractivity contribution in [3.8, 4) is 0 Å². The number of β-amino-alcohol motifs (C(OH)–C–C–N with tert-alkyl or cyclic N) is 1. The van der Waals surface area contributed by atoms with E-state index in [0.717, 1.165) is 30.1 Å². The Balaban J connectivity index is 1.64. The van der Waals surface area contributed by atoms with E-state index in [-0.39, 0.29) is 19.1 Å². The molecule has 2 aliphatic heterocycles. The number of ether oxygens (including phenoxy) is 1. The van der Waals surface area contributed by atoms with Crippen molar-refractivity contribution in [3.63, 3.8) is 0 Å². The van der Waals surface area contributed by atoms with Crippen molar-refractivity contribution < 1.29 is 19.5 Å². The summed E-state index contributed by atoms with van der Waals surface area (Å²) in [5, 5.41) is 10.7. The topological polar surface area (TPSA) is 80.1 Å². The summed E-state index contributed by atoms with van der Waals surface area (Å²) in [5.74, 6) is 0.623. The minimum atomic E-state index is -0.625. The van der Waals surface area contributed by atoms with E-state index < -0.39 is 6.10 Å². The van der Waals surface area contributed by atoms with Crippen LogP contribution in [0.25, 0.3) is 11.0 Å². The SMILES string of the molecule is Cn1c(N2CCOCC2)nc2cc(C(=O)N3C[C@H](O)CO3)ccc21. The minimum absolute atomic E-state index is 0.152. The molecule has 0 spiro atoms. The molecule has 2 saturated heterocycles. The number of carbonyl (C=O) groups is 1. The third-order valence-electron chi connectivity index (χ3n) is 4.42. The quantitative estimate of drug-likeness (QED) is 0.844. The van der Waals surface area contributed by atoms with Crippen LogP contribution >= 0.6 is 0 Å². The number of morpholine rings is 1. The van der Waals surface area contributed by atoms with Crippen molar-refractivity contribution in [2.45, 2.75) is 6.10 Å². The standard InChI is InChI=1S/C16H20N4O4/c1-18-14-3-2-11(15(22)20-9-12(21)10-24-20)8-13(14)17-16(18)19-4-6-23-7-5-19/h2-3,8,12,21H,4-7,9-10H2,1H3/t12-/m0/s1. The average molecular weight is 332 g/mol. The fourth-order valence-corrected chi connectivity index (χ4v) is 3.12. The number of rotatable bonds is 2.